The summed E-state index contributed by atoms with van der Waals surface area (Å²) in [7, 11) is 0. The number of hydrogen-bond donors (Lipinski definition) is 6. The molecule has 6 N–H and O–H groups in total. The van der Waals surface area contributed by atoms with E-state index in [-0.39, 0.29) is 94.6 Å². The molecule has 9 heteroatoms. The molecule has 0 bridgehead atoms. The number of hydrogen-bond acceptors (Lipinski definition) is 9. The number of rotatable bonds is 15. The van der Waals surface area contributed by atoms with Crippen LogP contribution in [0.15, 0.2) is 167 Å². The molecule has 0 spiro atoms. The van der Waals surface area contributed by atoms with Gasteiger partial charge in [-0.15, -0.1) is 0 Å². The van der Waals surface area contributed by atoms with E-state index >= 15 is 0 Å². The third kappa shape index (κ3) is 17.2. The first-order valence-corrected chi connectivity index (χ1v) is 30.9. The number of benzene rings is 8. The molecule has 9 nitrogen and oxygen atoms in total. The van der Waals surface area contributed by atoms with Crippen molar-refractivity contribution in [2.75, 3.05) is 19.8 Å². The average Bonchev–Trinajstić information content (AvgIpc) is 2.36. The second-order valence-electron chi connectivity index (χ2n) is 28.2. The number of aliphatic hydroxyl groups excluding tert-OH is 3. The van der Waals surface area contributed by atoms with E-state index in [1.54, 1.807) is 12.4 Å². The van der Waals surface area contributed by atoms with Gasteiger partial charge in [0.25, 0.3) is 0 Å². The molecule has 0 aliphatic carbocycles. The van der Waals surface area contributed by atoms with Crippen LogP contribution in [-0.4, -0.2) is 86.7 Å². The van der Waals surface area contributed by atoms with Crippen molar-refractivity contribution in [2.24, 2.45) is 32.7 Å². The second kappa shape index (κ2) is 29.1. The van der Waals surface area contributed by atoms with E-state index in [1.807, 2.05) is 113 Å². The molecule has 8 aromatic carbocycles. The van der Waals surface area contributed by atoms with Gasteiger partial charge in [-0.3, -0.25) is 15.0 Å². The Kier molecular flexibility index (Phi) is 22.9. The molecule has 462 valence electrons. The number of phenolic OH excluding ortho intramolecular Hbond substituents is 3. The molecule has 87 heavy (non-hydrogen) atoms. The molecule has 0 saturated carbocycles. The summed E-state index contributed by atoms with van der Waals surface area (Å²) in [6, 6.07) is 50.6. The molecule has 3 atom stereocenters. The van der Waals surface area contributed by atoms with Gasteiger partial charge in [0.2, 0.25) is 0 Å². The predicted molar refractivity (Wildman–Crippen MR) is 369 cm³/mol. The molecule has 0 saturated heterocycles. The van der Waals surface area contributed by atoms with Gasteiger partial charge in [-0.2, -0.15) is 0 Å². The van der Waals surface area contributed by atoms with Crippen LogP contribution in [-0.2, 0) is 21.7 Å². The summed E-state index contributed by atoms with van der Waals surface area (Å²) in [5.41, 5.74) is 11.4. The lowest BCUT2D eigenvalue weighted by Crippen LogP contribution is -2.22. The van der Waals surface area contributed by atoms with Gasteiger partial charge in [-0.25, -0.2) is 0 Å². The normalized spacial score (nSPS) is 13.8. The molecular formula is C78H99N3O6. The Morgan fingerprint density at radius 1 is 0.414 bits per heavy atom. The van der Waals surface area contributed by atoms with Crippen molar-refractivity contribution in [3.8, 4) is 39.5 Å². The Morgan fingerprint density at radius 3 is 1.31 bits per heavy atom. The van der Waals surface area contributed by atoms with Gasteiger partial charge < -0.3 is 30.6 Å². The molecule has 0 unspecified atom stereocenters. The molecule has 8 rings (SSSR count). The first-order chi connectivity index (χ1) is 40.8. The zero-order valence-electron chi connectivity index (χ0n) is 55.2. The molecule has 0 amide bonds. The molecule has 0 aliphatic rings. The lowest BCUT2D eigenvalue weighted by molar-refractivity contribution is 0.240. The molecular weight excluding hydrogens is 1070 g/mol. The summed E-state index contributed by atoms with van der Waals surface area (Å²) >= 11 is 0. The van der Waals surface area contributed by atoms with Crippen molar-refractivity contribution in [1.82, 2.24) is 0 Å². The van der Waals surface area contributed by atoms with Gasteiger partial charge in [0.05, 0.1) is 43.7 Å². The van der Waals surface area contributed by atoms with E-state index in [9.17, 15) is 30.6 Å². The minimum Gasteiger partial charge on any atom is -0.507 e. The van der Waals surface area contributed by atoms with Crippen LogP contribution >= 0.6 is 0 Å². The van der Waals surface area contributed by atoms with Crippen molar-refractivity contribution in [1.29, 1.82) is 0 Å². The highest BCUT2D eigenvalue weighted by atomic mass is 16.3. The highest BCUT2D eigenvalue weighted by Gasteiger charge is 2.29. The number of aliphatic hydroxyl groups is 3. The monoisotopic (exact) mass is 1170 g/mol. The van der Waals surface area contributed by atoms with Crippen molar-refractivity contribution in [3.05, 3.63) is 196 Å². The van der Waals surface area contributed by atoms with Gasteiger partial charge >= 0.3 is 0 Å². The van der Waals surface area contributed by atoms with Gasteiger partial charge in [0, 0.05) is 56.9 Å². The van der Waals surface area contributed by atoms with Crippen LogP contribution in [0, 0.1) is 17.8 Å². The fraction of sp³-hybridized carbons (Fsp3) is 0.397. The maximum Gasteiger partial charge on any atom is 0.132 e. The third-order valence-corrected chi connectivity index (χ3v) is 16.2. The van der Waals surface area contributed by atoms with Gasteiger partial charge in [0.1, 0.15) is 17.2 Å². The predicted octanol–water partition coefficient (Wildman–Crippen LogP) is 17.7. The standard InChI is InChI=1S/C32H29NO2.C26H37NO2.C20H33NO2/c1-21(2)29(20-34)33-19-25-18-24-13-7-9-15-27(24)31(32(25)35)30-26-14-8-6-12-23(26)16-17-28(30)22-10-4-3-5-11-22;1-17(2)22(16-28)27-23(18-12-10-9-11-13-18)20-14-19(25(3,4)5)15-21(24(20)29)26(6,7)8;1-13(2)17(12-22)21-11-14-9-15(19(3,4)5)10-16(18(14)23)20(6,7)8/h3-19,21,29,34-35H,20H2,1-2H3;9-15,17,22,28-29H,16H2,1-8H3;9-11,13,17,22-23H,12H2,1-8H3/t29-;22-;17-/m111/s1. The Morgan fingerprint density at radius 2 is 0.839 bits per heavy atom. The van der Waals surface area contributed by atoms with Crippen LogP contribution in [0.1, 0.15) is 169 Å². The van der Waals surface area contributed by atoms with Crippen molar-refractivity contribution < 1.29 is 30.6 Å². The number of nitrogens with zero attached hydrogens (tertiary/aromatic N) is 3. The van der Waals surface area contributed by atoms with Gasteiger partial charge in [-0.05, 0) is 101 Å². The summed E-state index contributed by atoms with van der Waals surface area (Å²) in [5, 5.41) is 67.1. The Balaban J connectivity index is 0.000000214. The Bertz CT molecular complexity index is 3660. The van der Waals surface area contributed by atoms with Gasteiger partial charge in [-0.1, -0.05) is 258 Å². The van der Waals surface area contributed by atoms with Crippen LogP contribution in [0.3, 0.4) is 0 Å². The summed E-state index contributed by atoms with van der Waals surface area (Å²) in [5.74, 6) is 1.39. The van der Waals surface area contributed by atoms with Crippen LogP contribution in [0.5, 0.6) is 17.2 Å². The summed E-state index contributed by atoms with van der Waals surface area (Å²) in [6.07, 6.45) is 3.42. The first kappa shape index (κ1) is 68.7. The molecule has 0 aromatic heterocycles. The number of fused-ring (bicyclic) bond motifs is 2. The van der Waals surface area contributed by atoms with Crippen molar-refractivity contribution in [2.45, 2.75) is 164 Å². The minimum atomic E-state index is -0.235. The minimum absolute atomic E-state index is 0.00921. The molecule has 0 heterocycles. The van der Waals surface area contributed by atoms with Crippen molar-refractivity contribution >= 4 is 39.7 Å². The first-order valence-electron chi connectivity index (χ1n) is 30.9. The van der Waals surface area contributed by atoms with Crippen molar-refractivity contribution in [3.63, 3.8) is 0 Å². The highest BCUT2D eigenvalue weighted by molar-refractivity contribution is 6.16. The summed E-state index contributed by atoms with van der Waals surface area (Å²) in [6.45, 7) is 37.9. The van der Waals surface area contributed by atoms with Crippen LogP contribution in [0.2, 0.25) is 0 Å². The molecule has 0 fully saturated rings. The van der Waals surface area contributed by atoms with Crippen LogP contribution < -0.4 is 0 Å². The summed E-state index contributed by atoms with van der Waals surface area (Å²) in [4.78, 5) is 14.1. The van der Waals surface area contributed by atoms with E-state index < -0.39 is 0 Å². The SMILES string of the molecule is CC(C)[C@@H](CO)N=C(c1ccccc1)c1cc(C(C)(C)C)cc(C(C)(C)C)c1O.CC(C)[C@@H](CO)N=Cc1cc(C(C)(C)C)cc(C(C)(C)C)c1O.CC(C)[C@@H](CO)N=Cc1cc2ccccc2c(-c2c(-c3ccccc3)ccc3ccccc23)c1O. The van der Waals surface area contributed by atoms with E-state index in [4.69, 9.17) is 4.99 Å². The van der Waals surface area contributed by atoms with E-state index in [1.165, 1.54) is 5.56 Å². The maximum atomic E-state index is 11.7. The quantitative estimate of drug-likeness (QED) is 0.0561. The topological polar surface area (TPSA) is 158 Å². The molecule has 0 radical (unpaired) electrons. The van der Waals surface area contributed by atoms with Crippen LogP contribution in [0.4, 0.5) is 0 Å². The number of aliphatic imine (C=N–C) groups is 3. The van der Waals surface area contributed by atoms with E-state index in [0.717, 1.165) is 82.9 Å². The largest absolute Gasteiger partial charge is 0.507 e. The maximum absolute atomic E-state index is 11.7. The highest BCUT2D eigenvalue weighted by Crippen LogP contribution is 2.47. The number of phenols is 3. The third-order valence-electron chi connectivity index (χ3n) is 16.2. The fourth-order valence-electron chi connectivity index (χ4n) is 10.4. The second-order valence-corrected chi connectivity index (χ2v) is 28.2. The fourth-order valence-corrected chi connectivity index (χ4v) is 10.4. The smallest absolute Gasteiger partial charge is 0.132 e. The lowest BCUT2D eigenvalue weighted by atomic mass is 9.78. The average molecular weight is 1170 g/mol. The zero-order chi connectivity index (χ0) is 64.3. The summed E-state index contributed by atoms with van der Waals surface area (Å²) < 4.78 is 0. The lowest BCUT2D eigenvalue weighted by Gasteiger charge is -2.28. The number of aromatic hydroxyl groups is 3. The van der Waals surface area contributed by atoms with Gasteiger partial charge in [0.15, 0.2) is 0 Å². The van der Waals surface area contributed by atoms with Crippen LogP contribution in [0.25, 0.3) is 43.8 Å². The molecule has 8 aromatic rings. The van der Waals surface area contributed by atoms with E-state index in [2.05, 4.69) is 174 Å². The van der Waals surface area contributed by atoms with E-state index in [0.29, 0.717) is 5.56 Å². The Hall–Kier alpha value is -7.43. The molecule has 0 aliphatic heterocycles. The zero-order valence-corrected chi connectivity index (χ0v) is 55.2. The Labute approximate surface area is 520 Å².